The standard InChI is InChI=1S/C57H70N12O9S2.C23H16O6/c1-32(2)49-57(78)68-48(55(76)64-44(50(60)71)26-35-28-61-41-16-8-6-14-38(35)41)31-80-79-30-47(67-51(72)40(59)24-33-12-4-3-5-13-33)56(77)65-45(25-34-19-21-37(70)22-20-34)53(74)66-46(27-36-29-62-42-17-9-7-15-39(36)42)54(75)63-43(52(73)69-49)18-10-11-23-58;24-20-16(14-7-3-1-5-12(14)9-18(20)22(26)27)11-17-15-8-4-2-6-13(15)10-19(21(17)25)23(28)29/h3-9,12-17,19-22,28-29,32,40,43-49,61-62,70H,10-11,18,23-27,30-31,58-59H2,1-2H3,(H2,60,71)(H,63,75)(H,64,76)(H,65,77)(H,66,74)(H,67,72)(H,68,78)(H,69,73);1-10,24-25H,11H2,(H,26,27)(H,28,29)/t40-,43+,44+,45+,46-,47+,48+,49+;/m1./s1. The SMILES string of the molecule is CC(C)[C@@H]1NC(=O)[C@H](CCCCN)NC(=O)[C@@H](Cc2c[nH]c3ccccc23)NC(=O)[C@H](Cc2ccc(O)cc2)NC(=O)[C@@H](NC(=O)[C@H](N)Cc2ccccc2)CSSC[C@@H](C(=O)N[C@@H](Cc2c[nH]c3ccccc23)C(N)=O)NC1=O.O=C(O)c1cc2ccccc2c(Cc2c(O)c(C(=O)O)cc3ccccc23)c1O. The number of aromatic carboxylic acids is 2. The molecule has 0 radical (unpaired) electrons. The van der Waals surface area contributed by atoms with Gasteiger partial charge in [0.05, 0.1) is 6.04 Å². The third-order valence-electron chi connectivity index (χ3n) is 18.8. The topological polar surface area (TPSA) is 466 Å². The molecule has 2 aromatic heterocycles. The number of nitrogens with two attached hydrogens (primary N) is 3. The number of aromatic amines is 2. The van der Waals surface area contributed by atoms with Crippen LogP contribution in [0.5, 0.6) is 17.2 Å². The number of amides is 8. The summed E-state index contributed by atoms with van der Waals surface area (Å²) in [7, 11) is 2.13. The largest absolute Gasteiger partial charge is 0.508 e. The molecule has 27 nitrogen and oxygen atoms in total. The molecule has 29 heteroatoms. The Hall–Kier alpha value is -11.9. The fourth-order valence-electron chi connectivity index (χ4n) is 13.0. The first-order chi connectivity index (χ1) is 52.3. The minimum absolute atomic E-state index is 0.00683. The number of hydrogen-bond donors (Lipinski definition) is 17. The molecule has 109 heavy (non-hydrogen) atoms. The van der Waals surface area contributed by atoms with Crippen LogP contribution in [0.3, 0.4) is 0 Å². The molecule has 1 aliphatic rings. The van der Waals surface area contributed by atoms with Gasteiger partial charge in [-0.25, -0.2) is 9.59 Å². The molecule has 8 aromatic carbocycles. The smallest absolute Gasteiger partial charge is 0.339 e. The van der Waals surface area contributed by atoms with Crippen molar-refractivity contribution in [1.29, 1.82) is 0 Å². The van der Waals surface area contributed by atoms with Crippen molar-refractivity contribution in [3.05, 3.63) is 221 Å². The first-order valence-electron chi connectivity index (χ1n) is 35.3. The molecule has 8 amide bonds. The minimum Gasteiger partial charge on any atom is -0.508 e. The van der Waals surface area contributed by atoms with Crippen LogP contribution in [0, 0.1) is 5.92 Å². The van der Waals surface area contributed by atoms with Crippen LogP contribution in [0.25, 0.3) is 43.4 Å². The van der Waals surface area contributed by atoms with E-state index in [0.29, 0.717) is 62.2 Å². The summed E-state index contributed by atoms with van der Waals surface area (Å²) in [6, 6.07) is 36.2. The number of phenols is 3. The van der Waals surface area contributed by atoms with Gasteiger partial charge >= 0.3 is 11.9 Å². The molecule has 10 aromatic rings. The second-order valence-electron chi connectivity index (χ2n) is 26.9. The highest BCUT2D eigenvalue weighted by Crippen LogP contribution is 2.39. The van der Waals surface area contributed by atoms with Crippen molar-refractivity contribution in [3.8, 4) is 17.2 Å². The van der Waals surface area contributed by atoms with Gasteiger partial charge in [-0.2, -0.15) is 0 Å². The van der Waals surface area contributed by atoms with Gasteiger partial charge in [0.2, 0.25) is 47.3 Å². The van der Waals surface area contributed by atoms with Crippen LogP contribution in [-0.2, 0) is 70.5 Å². The number of H-pyrrole nitrogens is 2. The molecule has 1 aliphatic heterocycles. The fourth-order valence-corrected chi connectivity index (χ4v) is 15.3. The lowest BCUT2D eigenvalue weighted by atomic mass is 9.90. The van der Waals surface area contributed by atoms with E-state index < -0.39 is 125 Å². The number of aromatic hydroxyl groups is 3. The van der Waals surface area contributed by atoms with Crippen molar-refractivity contribution in [2.45, 2.75) is 114 Å². The van der Waals surface area contributed by atoms with E-state index in [4.69, 9.17) is 17.2 Å². The number of phenolic OH excluding ortho intramolecular Hbond substituents is 1. The molecule has 1 saturated heterocycles. The van der Waals surface area contributed by atoms with Gasteiger partial charge in [0, 0.05) is 82.5 Å². The normalized spacial score (nSPS) is 18.2. The lowest BCUT2D eigenvalue weighted by Gasteiger charge is -2.29. The Kier molecular flexibility index (Phi) is 27.1. The van der Waals surface area contributed by atoms with E-state index in [9.17, 15) is 73.5 Å². The molecule has 20 N–H and O–H groups in total. The van der Waals surface area contributed by atoms with E-state index in [0.717, 1.165) is 49.0 Å². The number of nitrogens with one attached hydrogen (secondary N) is 9. The summed E-state index contributed by atoms with van der Waals surface area (Å²) < 4.78 is 0. The first kappa shape index (κ1) is 79.6. The van der Waals surface area contributed by atoms with Crippen molar-refractivity contribution in [3.63, 3.8) is 0 Å². The van der Waals surface area contributed by atoms with Crippen LogP contribution < -0.4 is 54.4 Å². The molecule has 0 aliphatic carbocycles. The van der Waals surface area contributed by atoms with Gasteiger partial charge in [-0.1, -0.05) is 163 Å². The minimum atomic E-state index is -1.40. The van der Waals surface area contributed by atoms with Crippen LogP contribution in [0.15, 0.2) is 176 Å². The number of carbonyl (C=O) groups excluding carboxylic acids is 8. The maximum Gasteiger partial charge on any atom is 0.339 e. The Morgan fingerprint density at radius 2 is 1.05 bits per heavy atom. The van der Waals surface area contributed by atoms with Gasteiger partial charge in [0.25, 0.3) is 0 Å². The Bertz CT molecular complexity index is 4900. The third kappa shape index (κ3) is 20.4. The zero-order valence-electron chi connectivity index (χ0n) is 59.6. The average molecular weight is 1520 g/mol. The van der Waals surface area contributed by atoms with Gasteiger partial charge in [0.15, 0.2) is 0 Å². The molecule has 0 saturated carbocycles. The van der Waals surface area contributed by atoms with E-state index in [1.807, 2.05) is 66.7 Å². The average Bonchev–Trinajstić information content (AvgIpc) is 1.31. The Balaban J connectivity index is 0.000000361. The van der Waals surface area contributed by atoms with Crippen LogP contribution in [0.4, 0.5) is 0 Å². The van der Waals surface area contributed by atoms with Gasteiger partial charge in [-0.15, -0.1) is 0 Å². The Labute approximate surface area is 634 Å². The van der Waals surface area contributed by atoms with Crippen LogP contribution in [-0.4, -0.2) is 161 Å². The number of primary amides is 1. The van der Waals surface area contributed by atoms with Crippen molar-refractivity contribution in [1.82, 2.24) is 47.2 Å². The molecule has 8 atom stereocenters. The number of carboxylic acids is 2. The van der Waals surface area contributed by atoms with Crippen molar-refractivity contribution in [2.24, 2.45) is 23.1 Å². The molecule has 0 spiro atoms. The van der Waals surface area contributed by atoms with Crippen molar-refractivity contribution in [2.75, 3.05) is 18.1 Å². The summed E-state index contributed by atoms with van der Waals surface area (Å²) in [5.41, 5.74) is 22.5. The van der Waals surface area contributed by atoms with Crippen molar-refractivity contribution >= 4 is 124 Å². The Morgan fingerprint density at radius 1 is 0.541 bits per heavy atom. The number of hydrogen-bond acceptors (Lipinski definition) is 17. The number of benzene rings is 8. The van der Waals surface area contributed by atoms with Gasteiger partial charge in [0.1, 0.15) is 70.7 Å². The molecule has 0 unspecified atom stereocenters. The highest BCUT2D eigenvalue weighted by Gasteiger charge is 2.37. The summed E-state index contributed by atoms with van der Waals surface area (Å²) >= 11 is 0. The lowest BCUT2D eigenvalue weighted by Crippen LogP contribution is -2.61. The number of carboxylic acid groups (broad SMARTS) is 2. The van der Waals surface area contributed by atoms with Crippen LogP contribution in [0.1, 0.15) is 87.2 Å². The first-order valence-corrected chi connectivity index (χ1v) is 37.8. The van der Waals surface area contributed by atoms with Crippen LogP contribution in [0.2, 0.25) is 0 Å². The summed E-state index contributed by atoms with van der Waals surface area (Å²) in [6.07, 6.45) is 4.26. The maximum absolute atomic E-state index is 14.9. The fraction of sp³-hybridized carbons (Fsp3) is 0.275. The van der Waals surface area contributed by atoms with E-state index in [1.165, 1.54) is 24.3 Å². The third-order valence-corrected chi connectivity index (χ3v) is 21.3. The molecule has 568 valence electrons. The molecule has 3 heterocycles. The summed E-state index contributed by atoms with van der Waals surface area (Å²) in [5, 5.41) is 74.1. The molecule has 0 bridgehead atoms. The van der Waals surface area contributed by atoms with Crippen molar-refractivity contribution < 1.29 is 73.5 Å². The van der Waals surface area contributed by atoms with E-state index in [2.05, 4.69) is 47.2 Å². The highest BCUT2D eigenvalue weighted by atomic mass is 33.1. The van der Waals surface area contributed by atoms with Crippen LogP contribution >= 0.6 is 21.6 Å². The highest BCUT2D eigenvalue weighted by molar-refractivity contribution is 8.76. The second kappa shape index (κ2) is 37.1. The maximum atomic E-state index is 14.9. The van der Waals surface area contributed by atoms with Gasteiger partial charge in [-0.3, -0.25) is 38.4 Å². The molecular formula is C80H86N12O15S2. The molecule has 11 rings (SSSR count). The zero-order chi connectivity index (χ0) is 78.0. The quantitative estimate of drug-likeness (QED) is 0.0258. The monoisotopic (exact) mass is 1520 g/mol. The van der Waals surface area contributed by atoms with E-state index in [-0.39, 0.29) is 73.5 Å². The predicted octanol–water partition coefficient (Wildman–Crippen LogP) is 6.40. The van der Waals surface area contributed by atoms with E-state index in [1.54, 1.807) is 99.0 Å². The second-order valence-corrected chi connectivity index (χ2v) is 29.4. The van der Waals surface area contributed by atoms with E-state index >= 15 is 0 Å². The lowest BCUT2D eigenvalue weighted by molar-refractivity contribution is -0.136. The summed E-state index contributed by atoms with van der Waals surface area (Å²) in [5.74, 6) is -10.4. The van der Waals surface area contributed by atoms with Gasteiger partial charge in [-0.05, 0) is 118 Å². The number of carbonyl (C=O) groups is 10. The number of aromatic nitrogens is 2. The number of para-hydroxylation sites is 2. The number of unbranched alkanes of at least 4 members (excludes halogenated alkanes) is 1. The summed E-state index contributed by atoms with van der Waals surface area (Å²) in [6.45, 7) is 3.68. The molecule has 1 fully saturated rings. The zero-order valence-corrected chi connectivity index (χ0v) is 61.2. The molecular weight excluding hydrogens is 1430 g/mol. The predicted molar refractivity (Wildman–Crippen MR) is 417 cm³/mol. The summed E-state index contributed by atoms with van der Waals surface area (Å²) in [4.78, 5) is 144. The Morgan fingerprint density at radius 3 is 1.61 bits per heavy atom. The number of rotatable bonds is 22. The number of fused-ring (bicyclic) bond motifs is 4. The van der Waals surface area contributed by atoms with Gasteiger partial charge < -0.3 is 89.9 Å².